The predicted octanol–water partition coefficient (Wildman–Crippen LogP) is 2.87. The van der Waals surface area contributed by atoms with E-state index in [-0.39, 0.29) is 23.6 Å². The molecule has 1 fully saturated rings. The van der Waals surface area contributed by atoms with Crippen LogP contribution < -0.4 is 5.32 Å². The van der Waals surface area contributed by atoms with Crippen LogP contribution in [0.4, 0.5) is 4.39 Å². The van der Waals surface area contributed by atoms with E-state index in [1.807, 2.05) is 6.92 Å². The minimum atomic E-state index is -0.538. The first-order chi connectivity index (χ1) is 8.96. The maximum absolute atomic E-state index is 13.6. The molecule has 0 aliphatic heterocycles. The van der Waals surface area contributed by atoms with Gasteiger partial charge in [-0.05, 0) is 31.0 Å². The summed E-state index contributed by atoms with van der Waals surface area (Å²) in [7, 11) is 0. The van der Waals surface area contributed by atoms with Crippen LogP contribution in [0.1, 0.15) is 36.5 Å². The SMILES string of the molecule is CC1(CO)CCCC1NC(=O)c1cc(Br)ccc1F. The van der Waals surface area contributed by atoms with Gasteiger partial charge in [-0.2, -0.15) is 0 Å². The monoisotopic (exact) mass is 329 g/mol. The predicted molar refractivity (Wildman–Crippen MR) is 74.4 cm³/mol. The first kappa shape index (κ1) is 14.5. The van der Waals surface area contributed by atoms with Crippen molar-refractivity contribution in [3.05, 3.63) is 34.1 Å². The van der Waals surface area contributed by atoms with Gasteiger partial charge in [-0.1, -0.05) is 29.3 Å². The number of hydrogen-bond acceptors (Lipinski definition) is 2. The third-order valence-electron chi connectivity index (χ3n) is 3.92. The molecule has 1 amide bonds. The molecule has 0 aromatic heterocycles. The van der Waals surface area contributed by atoms with Gasteiger partial charge in [0.25, 0.3) is 5.91 Å². The smallest absolute Gasteiger partial charge is 0.254 e. The molecular weight excluding hydrogens is 313 g/mol. The van der Waals surface area contributed by atoms with Gasteiger partial charge < -0.3 is 10.4 Å². The number of rotatable bonds is 3. The Hall–Kier alpha value is -0.940. The van der Waals surface area contributed by atoms with Crippen molar-refractivity contribution in [3.63, 3.8) is 0 Å². The quantitative estimate of drug-likeness (QED) is 0.895. The lowest BCUT2D eigenvalue weighted by atomic mass is 9.85. The number of aliphatic hydroxyl groups is 1. The summed E-state index contributed by atoms with van der Waals surface area (Å²) in [6.07, 6.45) is 2.65. The summed E-state index contributed by atoms with van der Waals surface area (Å²) in [6.45, 7) is 1.97. The van der Waals surface area contributed by atoms with Crippen LogP contribution in [0.25, 0.3) is 0 Å². The molecule has 2 rings (SSSR count). The number of hydrogen-bond donors (Lipinski definition) is 2. The van der Waals surface area contributed by atoms with Crippen LogP contribution in [-0.4, -0.2) is 23.7 Å². The molecule has 1 aliphatic rings. The van der Waals surface area contributed by atoms with Gasteiger partial charge in [0, 0.05) is 15.9 Å². The van der Waals surface area contributed by atoms with Gasteiger partial charge in [-0.25, -0.2) is 4.39 Å². The Kier molecular flexibility index (Phi) is 4.26. The molecule has 0 saturated heterocycles. The summed E-state index contributed by atoms with van der Waals surface area (Å²) >= 11 is 3.23. The third-order valence-corrected chi connectivity index (χ3v) is 4.41. The maximum atomic E-state index is 13.6. The minimum Gasteiger partial charge on any atom is -0.396 e. The highest BCUT2D eigenvalue weighted by Crippen LogP contribution is 2.37. The van der Waals surface area contributed by atoms with E-state index in [9.17, 15) is 14.3 Å². The molecule has 0 bridgehead atoms. The van der Waals surface area contributed by atoms with E-state index in [1.165, 1.54) is 12.1 Å². The number of nitrogens with one attached hydrogen (secondary N) is 1. The highest BCUT2D eigenvalue weighted by Gasteiger charge is 2.39. The van der Waals surface area contributed by atoms with Crippen molar-refractivity contribution in [1.82, 2.24) is 5.32 Å². The molecular formula is C14H17BrFNO2. The Balaban J connectivity index is 2.15. The zero-order valence-electron chi connectivity index (χ0n) is 10.7. The van der Waals surface area contributed by atoms with Gasteiger partial charge in [-0.3, -0.25) is 4.79 Å². The largest absolute Gasteiger partial charge is 0.396 e. The zero-order valence-corrected chi connectivity index (χ0v) is 12.3. The van der Waals surface area contributed by atoms with Crippen LogP contribution in [0.5, 0.6) is 0 Å². The van der Waals surface area contributed by atoms with Crippen molar-refractivity contribution in [2.75, 3.05) is 6.61 Å². The Morgan fingerprint density at radius 3 is 3.05 bits per heavy atom. The fourth-order valence-electron chi connectivity index (χ4n) is 2.58. The average Bonchev–Trinajstić information content (AvgIpc) is 2.74. The van der Waals surface area contributed by atoms with Crippen molar-refractivity contribution in [1.29, 1.82) is 0 Å². The molecule has 2 N–H and O–H groups in total. The van der Waals surface area contributed by atoms with Crippen molar-refractivity contribution in [2.45, 2.75) is 32.2 Å². The zero-order chi connectivity index (χ0) is 14.0. The summed E-state index contributed by atoms with van der Waals surface area (Å²) < 4.78 is 14.3. The summed E-state index contributed by atoms with van der Waals surface area (Å²) in [5, 5.41) is 12.3. The van der Waals surface area contributed by atoms with Crippen molar-refractivity contribution < 1.29 is 14.3 Å². The first-order valence-electron chi connectivity index (χ1n) is 6.33. The Morgan fingerprint density at radius 1 is 1.63 bits per heavy atom. The van der Waals surface area contributed by atoms with Crippen molar-refractivity contribution >= 4 is 21.8 Å². The Labute approximate surface area is 120 Å². The van der Waals surface area contributed by atoms with E-state index in [4.69, 9.17) is 0 Å². The number of halogens is 2. The van der Waals surface area contributed by atoms with Crippen molar-refractivity contribution in [3.8, 4) is 0 Å². The number of carbonyl (C=O) groups is 1. The molecule has 3 nitrogen and oxygen atoms in total. The van der Waals surface area contributed by atoms with Crippen LogP contribution in [0.15, 0.2) is 22.7 Å². The molecule has 104 valence electrons. The van der Waals surface area contributed by atoms with E-state index in [0.29, 0.717) is 4.47 Å². The molecule has 0 heterocycles. The minimum absolute atomic E-state index is 0.0267. The number of carbonyl (C=O) groups excluding carboxylic acids is 1. The van der Waals surface area contributed by atoms with Gasteiger partial charge in [-0.15, -0.1) is 0 Å². The fourth-order valence-corrected chi connectivity index (χ4v) is 2.94. The molecule has 5 heteroatoms. The van der Waals surface area contributed by atoms with Crippen molar-refractivity contribution in [2.24, 2.45) is 5.41 Å². The Bertz CT molecular complexity index is 494. The van der Waals surface area contributed by atoms with Crippen LogP contribution in [-0.2, 0) is 0 Å². The summed E-state index contributed by atoms with van der Waals surface area (Å²) in [5.74, 6) is -0.963. The van der Waals surface area contributed by atoms with Gasteiger partial charge in [0.1, 0.15) is 5.82 Å². The van der Waals surface area contributed by atoms with Gasteiger partial charge >= 0.3 is 0 Å². The van der Waals surface area contributed by atoms with Crippen LogP contribution >= 0.6 is 15.9 Å². The number of amides is 1. The molecule has 2 atom stereocenters. The highest BCUT2D eigenvalue weighted by atomic mass is 79.9. The second kappa shape index (κ2) is 5.59. The molecule has 2 unspecified atom stereocenters. The average molecular weight is 330 g/mol. The Morgan fingerprint density at radius 2 is 2.37 bits per heavy atom. The normalized spacial score (nSPS) is 26.4. The highest BCUT2D eigenvalue weighted by molar-refractivity contribution is 9.10. The molecule has 0 radical (unpaired) electrons. The van der Waals surface area contributed by atoms with E-state index < -0.39 is 11.7 Å². The van der Waals surface area contributed by atoms with Crippen LogP contribution in [0.2, 0.25) is 0 Å². The van der Waals surface area contributed by atoms with E-state index in [0.717, 1.165) is 19.3 Å². The van der Waals surface area contributed by atoms with Crippen LogP contribution in [0, 0.1) is 11.2 Å². The van der Waals surface area contributed by atoms with E-state index in [2.05, 4.69) is 21.2 Å². The fraction of sp³-hybridized carbons (Fsp3) is 0.500. The summed E-state index contributed by atoms with van der Waals surface area (Å²) in [4.78, 5) is 12.1. The second-order valence-corrected chi connectivity index (χ2v) is 6.27. The number of benzene rings is 1. The molecule has 19 heavy (non-hydrogen) atoms. The third kappa shape index (κ3) is 2.98. The lowest BCUT2D eigenvalue weighted by Crippen LogP contribution is -2.45. The van der Waals surface area contributed by atoms with E-state index in [1.54, 1.807) is 6.07 Å². The maximum Gasteiger partial charge on any atom is 0.254 e. The molecule has 1 aromatic carbocycles. The lowest BCUT2D eigenvalue weighted by molar-refractivity contribution is 0.0827. The summed E-state index contributed by atoms with van der Waals surface area (Å²) in [6, 6.07) is 4.18. The van der Waals surface area contributed by atoms with Crippen LogP contribution in [0.3, 0.4) is 0 Å². The standard InChI is InChI=1S/C14H17BrFNO2/c1-14(8-18)6-2-3-12(14)17-13(19)10-7-9(15)4-5-11(10)16/h4-5,7,12,18H,2-3,6,8H2,1H3,(H,17,19). The second-order valence-electron chi connectivity index (χ2n) is 5.35. The first-order valence-corrected chi connectivity index (χ1v) is 7.12. The van der Waals surface area contributed by atoms with Gasteiger partial charge in [0.05, 0.1) is 12.2 Å². The summed E-state index contributed by atoms with van der Waals surface area (Å²) in [5.41, 5.74) is -0.278. The van der Waals surface area contributed by atoms with Gasteiger partial charge in [0.15, 0.2) is 0 Å². The molecule has 1 aromatic rings. The number of aliphatic hydroxyl groups excluding tert-OH is 1. The molecule has 1 saturated carbocycles. The molecule has 0 spiro atoms. The topological polar surface area (TPSA) is 49.3 Å². The van der Waals surface area contributed by atoms with E-state index >= 15 is 0 Å². The van der Waals surface area contributed by atoms with Gasteiger partial charge in [0.2, 0.25) is 0 Å². The lowest BCUT2D eigenvalue weighted by Gasteiger charge is -2.30. The molecule has 1 aliphatic carbocycles.